The van der Waals surface area contributed by atoms with E-state index < -0.39 is 0 Å². The Bertz CT molecular complexity index is 98.6. The summed E-state index contributed by atoms with van der Waals surface area (Å²) in [7, 11) is 0. The van der Waals surface area contributed by atoms with Crippen molar-refractivity contribution in [3.8, 4) is 0 Å². The van der Waals surface area contributed by atoms with Crippen molar-refractivity contribution in [2.75, 3.05) is 0 Å². The Morgan fingerprint density at radius 2 is 2.80 bits per heavy atom. The summed E-state index contributed by atoms with van der Waals surface area (Å²) in [6.45, 7) is 5.04. The maximum absolute atomic E-state index is 6.57. The zero-order valence-corrected chi connectivity index (χ0v) is 3.28. The van der Waals surface area contributed by atoms with Crippen LogP contribution in [0.4, 0.5) is 0 Å². The average molecular weight is 70.1 g/mol. The first-order valence-electron chi connectivity index (χ1n) is 2.43. The Kier molecular flexibility index (Phi) is 0.639. The fraction of sp³-hybridized carbons (Fsp3) is 0.200. The monoisotopic (exact) mass is 70.1 g/mol. The minimum absolute atomic E-state index is 0.187. The number of hydrogen-bond acceptors (Lipinski definition) is 0. The van der Waals surface area contributed by atoms with Gasteiger partial charge in [0.25, 0.3) is 0 Å². The van der Waals surface area contributed by atoms with E-state index in [1.165, 1.54) is 6.08 Å². The van der Waals surface area contributed by atoms with Gasteiger partial charge in [-0.1, -0.05) is 24.8 Å². The molecule has 0 aromatic carbocycles. The molecule has 0 atom stereocenters. The van der Waals surface area contributed by atoms with Crippen LogP contribution in [-0.2, 0) is 0 Å². The predicted octanol–water partition coefficient (Wildman–Crippen LogP) is 1.75. The number of rotatable bonds is 1. The van der Waals surface area contributed by atoms with Crippen molar-refractivity contribution in [3.63, 3.8) is 0 Å². The van der Waals surface area contributed by atoms with Gasteiger partial charge in [-0.15, -0.1) is 0 Å². The van der Waals surface area contributed by atoms with Crippen LogP contribution < -0.4 is 0 Å². The molecule has 0 radical (unpaired) electrons. The van der Waals surface area contributed by atoms with Gasteiger partial charge in [-0.2, -0.15) is 0 Å². The van der Waals surface area contributed by atoms with Gasteiger partial charge in [0.1, 0.15) is 0 Å². The third-order valence-corrected chi connectivity index (χ3v) is 0.246. The molecule has 0 unspecified atom stereocenters. The van der Waals surface area contributed by atoms with E-state index in [-0.39, 0.29) is 6.53 Å². The largest absolute Gasteiger partial charge is 0.0988 e. The molecule has 0 aliphatic heterocycles. The highest BCUT2D eigenvalue weighted by atomic mass is 13.7. The fourth-order valence-corrected chi connectivity index (χ4v) is 0. The lowest BCUT2D eigenvalue weighted by Crippen LogP contribution is -1.50. The van der Waals surface area contributed by atoms with E-state index in [9.17, 15) is 0 Å². The van der Waals surface area contributed by atoms with Crippen LogP contribution in [0.5, 0.6) is 0 Å². The van der Waals surface area contributed by atoms with Crippen molar-refractivity contribution in [1.82, 2.24) is 0 Å². The fourth-order valence-electron chi connectivity index (χ4n) is 0. The molecule has 0 nitrogen and oxygen atoms in total. The van der Waals surface area contributed by atoms with Gasteiger partial charge in [-0.25, -0.2) is 0 Å². The van der Waals surface area contributed by atoms with E-state index >= 15 is 0 Å². The highest BCUT2D eigenvalue weighted by molar-refractivity contribution is 5.05. The van der Waals surface area contributed by atoms with Gasteiger partial charge in [0, 0.05) is 0 Å². The number of hydrogen-bond donors (Lipinski definition) is 0. The lowest BCUT2D eigenvalue weighted by Gasteiger charge is -1.71. The molecule has 0 saturated carbocycles. The summed E-state index contributed by atoms with van der Waals surface area (Å²) < 4.78 is 13.2. The third-order valence-electron chi connectivity index (χ3n) is 0.246. The van der Waals surface area contributed by atoms with Crippen molar-refractivity contribution in [2.24, 2.45) is 0 Å². The standard InChI is InChI=1S/C5H8/c1-4-5(2)3/h4H,1-2H2,3H3/i1D2. The van der Waals surface area contributed by atoms with Crippen LogP contribution >= 0.6 is 0 Å². The predicted molar refractivity (Wildman–Crippen MR) is 25.0 cm³/mol. The molecule has 0 spiro atoms. The van der Waals surface area contributed by atoms with Gasteiger partial charge in [-0.3, -0.25) is 0 Å². The zero-order chi connectivity index (χ0) is 5.86. The topological polar surface area (TPSA) is 0 Å². The molecular weight excluding hydrogens is 60.1 g/mol. The maximum atomic E-state index is 6.57. The summed E-state index contributed by atoms with van der Waals surface area (Å²) >= 11 is 0. The van der Waals surface area contributed by atoms with Crippen LogP contribution in [-0.4, -0.2) is 0 Å². The Morgan fingerprint density at radius 1 is 2.20 bits per heavy atom. The molecule has 0 aliphatic carbocycles. The third kappa shape index (κ3) is 3.48. The molecule has 0 aliphatic rings. The molecule has 0 heterocycles. The van der Waals surface area contributed by atoms with Crippen molar-refractivity contribution >= 4 is 0 Å². The Balaban J connectivity index is 3.68. The van der Waals surface area contributed by atoms with E-state index in [1.807, 2.05) is 0 Å². The Labute approximate surface area is 35.6 Å². The maximum Gasteiger partial charge on any atom is 0.0538 e. The summed E-state index contributed by atoms with van der Waals surface area (Å²) in [6.07, 6.45) is 1.39. The van der Waals surface area contributed by atoms with Crippen LogP contribution in [0, 0.1) is 0 Å². The van der Waals surface area contributed by atoms with Crippen molar-refractivity contribution in [2.45, 2.75) is 6.92 Å². The normalized spacial score (nSPS) is 11.4. The van der Waals surface area contributed by atoms with E-state index in [2.05, 4.69) is 6.58 Å². The van der Waals surface area contributed by atoms with Gasteiger partial charge >= 0.3 is 0 Å². The van der Waals surface area contributed by atoms with Crippen LogP contribution in [0.1, 0.15) is 9.67 Å². The zero-order valence-electron chi connectivity index (χ0n) is 5.28. The molecular formula is C5H8. The quantitative estimate of drug-likeness (QED) is 0.412. The second kappa shape index (κ2) is 1.77. The minimum atomic E-state index is -0.187. The lowest BCUT2D eigenvalue weighted by atomic mass is 10.4. The van der Waals surface area contributed by atoms with Crippen molar-refractivity contribution in [1.29, 1.82) is 0 Å². The molecule has 0 saturated heterocycles. The molecule has 0 amide bonds. The second-order valence-electron chi connectivity index (χ2n) is 0.991. The summed E-state index contributed by atoms with van der Waals surface area (Å²) in [6, 6.07) is 0. The highest BCUT2D eigenvalue weighted by Gasteiger charge is 1.59. The summed E-state index contributed by atoms with van der Waals surface area (Å²) in [5.41, 5.74) is 0.750. The summed E-state index contributed by atoms with van der Waals surface area (Å²) in [4.78, 5) is 0. The molecule has 5 heavy (non-hydrogen) atoms. The first-order chi connectivity index (χ1) is 3.13. The molecule has 0 bridgehead atoms. The van der Waals surface area contributed by atoms with E-state index in [1.54, 1.807) is 6.92 Å². The van der Waals surface area contributed by atoms with E-state index in [4.69, 9.17) is 2.74 Å². The summed E-state index contributed by atoms with van der Waals surface area (Å²) in [5, 5.41) is 0. The van der Waals surface area contributed by atoms with Gasteiger partial charge in [0.2, 0.25) is 0 Å². The molecule has 0 aromatic rings. The first kappa shape index (κ1) is 1.81. The van der Waals surface area contributed by atoms with E-state index in [0.717, 1.165) is 5.57 Å². The molecule has 0 heteroatoms. The Morgan fingerprint density at radius 3 is 2.80 bits per heavy atom. The molecule has 0 fully saturated rings. The van der Waals surface area contributed by atoms with Gasteiger partial charge in [0.15, 0.2) is 0 Å². The van der Waals surface area contributed by atoms with Crippen molar-refractivity contribution < 1.29 is 2.74 Å². The lowest BCUT2D eigenvalue weighted by molar-refractivity contribution is 1.58. The van der Waals surface area contributed by atoms with Crippen molar-refractivity contribution in [3.05, 3.63) is 24.8 Å². The average Bonchev–Trinajstić information content (AvgIpc) is 1.27. The minimum Gasteiger partial charge on any atom is -0.0988 e. The highest BCUT2D eigenvalue weighted by Crippen LogP contribution is 1.81. The van der Waals surface area contributed by atoms with E-state index in [0.29, 0.717) is 0 Å². The number of allylic oxidation sites excluding steroid dienone is 2. The summed E-state index contributed by atoms with van der Waals surface area (Å²) in [5.74, 6) is 0. The van der Waals surface area contributed by atoms with Crippen LogP contribution in [0.15, 0.2) is 24.8 Å². The molecule has 0 aromatic heterocycles. The first-order valence-corrected chi connectivity index (χ1v) is 1.43. The SMILES string of the molecule is [2H]C([2H])=CC(=C)C. The van der Waals surface area contributed by atoms with Gasteiger partial charge in [0.05, 0.1) is 2.74 Å². The smallest absolute Gasteiger partial charge is 0.0538 e. The second-order valence-corrected chi connectivity index (χ2v) is 0.991. The van der Waals surface area contributed by atoms with Crippen LogP contribution in [0.2, 0.25) is 0 Å². The van der Waals surface area contributed by atoms with Crippen LogP contribution in [0.3, 0.4) is 0 Å². The molecule has 0 N–H and O–H groups in total. The van der Waals surface area contributed by atoms with Gasteiger partial charge in [-0.05, 0) is 6.92 Å². The Hall–Kier alpha value is -0.520. The molecule has 0 rings (SSSR count). The van der Waals surface area contributed by atoms with Crippen LogP contribution in [0.25, 0.3) is 0 Å². The molecule has 28 valence electrons. The van der Waals surface area contributed by atoms with Gasteiger partial charge < -0.3 is 0 Å².